The first kappa shape index (κ1) is 19.5. The molecule has 2 heterocycles. The molecule has 7 nitrogen and oxygen atoms in total. The standard InChI is InChI=1S/C19H25N3O4S/c1-3-26-19(25)22-16(23)13-8-9-27-18(13)21-17(24)14-10-11(2)20-15-7-5-4-6-12(14)15/h4-7,11,13-14,18,20H,3,8-10H2,1-2H3,(H,21,24)(H,22,23,25). The quantitative estimate of drug-likeness (QED) is 0.730. The zero-order chi connectivity index (χ0) is 19.4. The van der Waals surface area contributed by atoms with Crippen LogP contribution < -0.4 is 16.0 Å². The molecule has 3 rings (SSSR count). The van der Waals surface area contributed by atoms with E-state index in [4.69, 9.17) is 4.74 Å². The molecule has 4 unspecified atom stereocenters. The van der Waals surface area contributed by atoms with Crippen molar-refractivity contribution in [1.82, 2.24) is 10.6 Å². The fourth-order valence-electron chi connectivity index (χ4n) is 3.59. The molecule has 0 bridgehead atoms. The van der Waals surface area contributed by atoms with Crippen molar-refractivity contribution in [2.24, 2.45) is 5.92 Å². The average Bonchev–Trinajstić information content (AvgIpc) is 3.09. The molecule has 1 fully saturated rings. The van der Waals surface area contributed by atoms with Crippen LogP contribution in [-0.4, -0.2) is 41.7 Å². The third-order valence-corrected chi connectivity index (χ3v) is 6.13. The maximum atomic E-state index is 13.0. The topological polar surface area (TPSA) is 96.5 Å². The lowest BCUT2D eigenvalue weighted by Crippen LogP contribution is -2.46. The number of carbonyl (C=O) groups excluding carboxylic acids is 3. The van der Waals surface area contributed by atoms with Crippen molar-refractivity contribution >= 4 is 35.4 Å². The van der Waals surface area contributed by atoms with E-state index in [0.717, 1.165) is 17.0 Å². The highest BCUT2D eigenvalue weighted by Crippen LogP contribution is 2.36. The fourth-order valence-corrected chi connectivity index (χ4v) is 4.92. The van der Waals surface area contributed by atoms with Crippen molar-refractivity contribution in [3.63, 3.8) is 0 Å². The number of para-hydroxylation sites is 1. The summed E-state index contributed by atoms with van der Waals surface area (Å²) < 4.78 is 4.76. The van der Waals surface area contributed by atoms with Crippen LogP contribution in [0.4, 0.5) is 10.5 Å². The number of imide groups is 1. The molecule has 0 aromatic heterocycles. The van der Waals surface area contributed by atoms with Crippen molar-refractivity contribution in [1.29, 1.82) is 0 Å². The molecule has 2 aliphatic heterocycles. The molecule has 3 amide bonds. The highest BCUT2D eigenvalue weighted by atomic mass is 32.2. The summed E-state index contributed by atoms with van der Waals surface area (Å²) in [6.45, 7) is 3.93. The molecule has 1 saturated heterocycles. The van der Waals surface area contributed by atoms with E-state index in [1.165, 1.54) is 11.8 Å². The zero-order valence-electron chi connectivity index (χ0n) is 15.5. The number of benzene rings is 1. The van der Waals surface area contributed by atoms with Gasteiger partial charge in [0, 0.05) is 11.7 Å². The van der Waals surface area contributed by atoms with Crippen molar-refractivity contribution in [3.8, 4) is 0 Å². The summed E-state index contributed by atoms with van der Waals surface area (Å²) >= 11 is 1.53. The van der Waals surface area contributed by atoms with Crippen molar-refractivity contribution in [2.45, 2.75) is 44.0 Å². The van der Waals surface area contributed by atoms with Gasteiger partial charge in [-0.25, -0.2) is 4.79 Å². The van der Waals surface area contributed by atoms with Gasteiger partial charge in [-0.1, -0.05) is 18.2 Å². The summed E-state index contributed by atoms with van der Waals surface area (Å²) in [5.41, 5.74) is 1.95. The molecule has 3 N–H and O–H groups in total. The van der Waals surface area contributed by atoms with Gasteiger partial charge in [-0.2, -0.15) is 0 Å². The number of carbonyl (C=O) groups is 3. The Morgan fingerprint density at radius 2 is 2.04 bits per heavy atom. The van der Waals surface area contributed by atoms with Crippen molar-refractivity contribution < 1.29 is 19.1 Å². The van der Waals surface area contributed by atoms with Crippen LogP contribution in [0.3, 0.4) is 0 Å². The molecule has 2 aliphatic rings. The lowest BCUT2D eigenvalue weighted by molar-refractivity contribution is -0.126. The first-order valence-electron chi connectivity index (χ1n) is 9.24. The second-order valence-electron chi connectivity index (χ2n) is 6.83. The van der Waals surface area contributed by atoms with E-state index in [-0.39, 0.29) is 29.8 Å². The number of ether oxygens (including phenoxy) is 1. The lowest BCUT2D eigenvalue weighted by Gasteiger charge is -2.31. The third kappa shape index (κ3) is 4.55. The molecule has 8 heteroatoms. The summed E-state index contributed by atoms with van der Waals surface area (Å²) in [6.07, 6.45) is 0.561. The van der Waals surface area contributed by atoms with E-state index in [1.54, 1.807) is 6.92 Å². The number of hydrogen-bond acceptors (Lipinski definition) is 6. The van der Waals surface area contributed by atoms with Gasteiger partial charge in [0.1, 0.15) is 0 Å². The summed E-state index contributed by atoms with van der Waals surface area (Å²) in [5.74, 6) is -0.428. The molecule has 0 saturated carbocycles. The number of amides is 3. The van der Waals surface area contributed by atoms with Gasteiger partial charge in [-0.15, -0.1) is 11.8 Å². The van der Waals surface area contributed by atoms with Crippen LogP contribution in [0.1, 0.15) is 38.2 Å². The number of nitrogens with one attached hydrogen (secondary N) is 3. The Morgan fingerprint density at radius 3 is 2.81 bits per heavy atom. The van der Waals surface area contributed by atoms with Crippen LogP contribution in [0, 0.1) is 5.92 Å². The summed E-state index contributed by atoms with van der Waals surface area (Å²) in [6, 6.07) is 8.00. The zero-order valence-corrected chi connectivity index (χ0v) is 16.3. The summed E-state index contributed by atoms with van der Waals surface area (Å²) in [5, 5.41) is 8.34. The van der Waals surface area contributed by atoms with Crippen LogP contribution in [0.5, 0.6) is 0 Å². The second kappa shape index (κ2) is 8.65. The summed E-state index contributed by atoms with van der Waals surface area (Å²) in [4.78, 5) is 36.8. The Hall–Kier alpha value is -2.22. The number of anilines is 1. The largest absolute Gasteiger partial charge is 0.450 e. The monoisotopic (exact) mass is 391 g/mol. The van der Waals surface area contributed by atoms with Gasteiger partial charge in [0.15, 0.2) is 0 Å². The van der Waals surface area contributed by atoms with Gasteiger partial charge in [0.05, 0.1) is 23.8 Å². The minimum atomic E-state index is -0.745. The Bertz CT molecular complexity index is 727. The highest BCUT2D eigenvalue weighted by Gasteiger charge is 2.38. The maximum absolute atomic E-state index is 13.0. The maximum Gasteiger partial charge on any atom is 0.413 e. The van der Waals surface area contributed by atoms with Crippen LogP contribution >= 0.6 is 11.8 Å². The molecule has 4 atom stereocenters. The van der Waals surface area contributed by atoms with Crippen LogP contribution in [0.15, 0.2) is 24.3 Å². The van der Waals surface area contributed by atoms with Crippen LogP contribution in [-0.2, 0) is 14.3 Å². The minimum Gasteiger partial charge on any atom is -0.450 e. The first-order valence-corrected chi connectivity index (χ1v) is 10.3. The minimum absolute atomic E-state index is 0.0795. The number of thioether (sulfide) groups is 1. The van der Waals surface area contributed by atoms with Crippen LogP contribution in [0.25, 0.3) is 0 Å². The number of alkyl carbamates (subject to hydrolysis) is 1. The van der Waals surface area contributed by atoms with Gasteiger partial charge >= 0.3 is 6.09 Å². The normalized spacial score (nSPS) is 26.4. The van der Waals surface area contributed by atoms with Crippen molar-refractivity contribution in [3.05, 3.63) is 29.8 Å². The van der Waals surface area contributed by atoms with E-state index in [1.807, 2.05) is 24.3 Å². The predicted molar refractivity (Wildman–Crippen MR) is 105 cm³/mol. The predicted octanol–water partition coefficient (Wildman–Crippen LogP) is 2.44. The Labute approximate surface area is 163 Å². The van der Waals surface area contributed by atoms with E-state index < -0.39 is 17.9 Å². The summed E-state index contributed by atoms with van der Waals surface area (Å²) in [7, 11) is 0. The molecule has 0 spiro atoms. The van der Waals surface area contributed by atoms with Gasteiger partial charge in [-0.3, -0.25) is 14.9 Å². The molecule has 0 aliphatic carbocycles. The fraction of sp³-hybridized carbons (Fsp3) is 0.526. The Balaban J connectivity index is 1.66. The van der Waals surface area contributed by atoms with Crippen molar-refractivity contribution in [2.75, 3.05) is 17.7 Å². The highest BCUT2D eigenvalue weighted by molar-refractivity contribution is 8.00. The third-order valence-electron chi connectivity index (χ3n) is 4.86. The SMILES string of the molecule is CCOC(=O)NC(=O)C1CCSC1NC(=O)C1CC(C)Nc2ccccc21. The van der Waals surface area contributed by atoms with Gasteiger partial charge in [0.25, 0.3) is 0 Å². The Morgan fingerprint density at radius 1 is 1.26 bits per heavy atom. The Kier molecular flexibility index (Phi) is 6.26. The van der Waals surface area contributed by atoms with Gasteiger partial charge in [-0.05, 0) is 44.1 Å². The average molecular weight is 391 g/mol. The lowest BCUT2D eigenvalue weighted by atomic mass is 9.86. The molecule has 27 heavy (non-hydrogen) atoms. The first-order chi connectivity index (χ1) is 13.0. The van der Waals surface area contributed by atoms with Crippen LogP contribution in [0.2, 0.25) is 0 Å². The second-order valence-corrected chi connectivity index (χ2v) is 8.08. The molecule has 0 radical (unpaired) electrons. The van der Waals surface area contributed by atoms with Gasteiger partial charge in [0.2, 0.25) is 11.8 Å². The molecule has 146 valence electrons. The molecule has 1 aromatic carbocycles. The molecular formula is C19H25N3O4S. The van der Waals surface area contributed by atoms with Gasteiger partial charge < -0.3 is 15.4 Å². The van der Waals surface area contributed by atoms with E-state index >= 15 is 0 Å². The molecule has 1 aromatic rings. The number of rotatable bonds is 4. The molecular weight excluding hydrogens is 366 g/mol. The number of fused-ring (bicyclic) bond motifs is 1. The smallest absolute Gasteiger partial charge is 0.413 e. The van der Waals surface area contributed by atoms with E-state index in [9.17, 15) is 14.4 Å². The number of hydrogen-bond donors (Lipinski definition) is 3. The van der Waals surface area contributed by atoms with E-state index in [0.29, 0.717) is 12.8 Å². The van der Waals surface area contributed by atoms with E-state index in [2.05, 4.69) is 22.9 Å².